The third-order valence-electron chi connectivity index (χ3n) is 11.3. The molecule has 12 nitrogen and oxygen atoms in total. The number of esters is 1. The van der Waals surface area contributed by atoms with Gasteiger partial charge in [0.05, 0.1) is 6.04 Å². The van der Waals surface area contributed by atoms with Crippen LogP contribution in [0.25, 0.3) is 0 Å². The number of likely N-dealkylation sites (tertiary alicyclic amines) is 1. The Hall–Kier alpha value is -3.96. The Labute approximate surface area is 289 Å². The van der Waals surface area contributed by atoms with Crippen molar-refractivity contribution in [3.05, 3.63) is 35.9 Å². The third-order valence-corrected chi connectivity index (χ3v) is 11.3. The number of piperidine rings is 1. The normalized spacial score (nSPS) is 25.5. The van der Waals surface area contributed by atoms with Gasteiger partial charge < -0.3 is 31.3 Å². The monoisotopic (exact) mass is 679 g/mol. The molecule has 3 aliphatic carbocycles. The van der Waals surface area contributed by atoms with Crippen LogP contribution in [-0.2, 0) is 28.7 Å². The van der Waals surface area contributed by atoms with Gasteiger partial charge in [-0.15, -0.1) is 0 Å². The smallest absolute Gasteiger partial charge is 0.332 e. The fourth-order valence-electron chi connectivity index (χ4n) is 7.96. The summed E-state index contributed by atoms with van der Waals surface area (Å²) in [4.78, 5) is 81.8. The van der Waals surface area contributed by atoms with Gasteiger partial charge in [0.15, 0.2) is 0 Å². The summed E-state index contributed by atoms with van der Waals surface area (Å²) in [6, 6.07) is 5.75. The van der Waals surface area contributed by atoms with Crippen molar-refractivity contribution in [2.24, 2.45) is 34.3 Å². The first kappa shape index (κ1) is 36.3. The van der Waals surface area contributed by atoms with Gasteiger partial charge in [0.25, 0.3) is 5.91 Å². The number of hydrogen-bond acceptors (Lipinski definition) is 7. The number of nitrogens with two attached hydrogens (primary N) is 1. The molecule has 1 heterocycles. The Bertz CT molecular complexity index is 1460. The highest BCUT2D eigenvalue weighted by Gasteiger charge is 2.70. The van der Waals surface area contributed by atoms with E-state index in [9.17, 15) is 28.8 Å². The number of carbonyl (C=O) groups excluding carboxylic acids is 6. The zero-order chi connectivity index (χ0) is 35.9. The van der Waals surface area contributed by atoms with E-state index in [2.05, 4.69) is 29.8 Å². The molecular weight excluding hydrogens is 626 g/mol. The molecule has 1 saturated heterocycles. The van der Waals surface area contributed by atoms with Crippen molar-refractivity contribution in [3.8, 4) is 0 Å². The fraction of sp³-hybridized carbons (Fsp3) is 0.676. The predicted molar refractivity (Wildman–Crippen MR) is 181 cm³/mol. The van der Waals surface area contributed by atoms with E-state index in [0.717, 1.165) is 37.7 Å². The lowest BCUT2D eigenvalue weighted by Crippen LogP contribution is -2.64. The second-order valence-electron chi connectivity index (χ2n) is 16.4. The first-order chi connectivity index (χ1) is 23.0. The molecule has 0 spiro atoms. The van der Waals surface area contributed by atoms with E-state index < -0.39 is 70.7 Å². The largest absolute Gasteiger partial charge is 0.456 e. The van der Waals surface area contributed by atoms with Crippen molar-refractivity contribution in [1.29, 1.82) is 0 Å². The van der Waals surface area contributed by atoms with Crippen LogP contribution >= 0.6 is 0 Å². The zero-order valence-electron chi connectivity index (χ0n) is 29.7. The van der Waals surface area contributed by atoms with Crippen LogP contribution in [0.15, 0.2) is 30.3 Å². The lowest BCUT2D eigenvalue weighted by molar-refractivity contribution is -0.158. The van der Waals surface area contributed by atoms with Crippen LogP contribution in [0, 0.1) is 28.6 Å². The van der Waals surface area contributed by atoms with Gasteiger partial charge in [-0.05, 0) is 60.3 Å². The molecule has 4 aliphatic rings. The summed E-state index contributed by atoms with van der Waals surface area (Å²) in [5.74, 6) is -3.25. The average molecular weight is 680 g/mol. The third kappa shape index (κ3) is 7.78. The SMILES string of the molecule is C[C@@H](OC(=O)C1(NC(=O)N[C@H](C(=O)N2C[C@H]3[C@@H]([C@H]2C(=O)NC(CC2CC2)C(=O)C(N)=O)C3(C)C)C(C)(C)C)CCCCC1)c1ccccc1. The van der Waals surface area contributed by atoms with E-state index in [4.69, 9.17) is 10.5 Å². The second kappa shape index (κ2) is 13.7. The minimum atomic E-state index is -1.25. The number of nitrogens with zero attached hydrogens (tertiary/aromatic N) is 1. The summed E-state index contributed by atoms with van der Waals surface area (Å²) in [7, 11) is 0. The molecular formula is C37H53N5O7. The van der Waals surface area contributed by atoms with Crippen LogP contribution in [0.1, 0.15) is 105 Å². The lowest BCUT2D eigenvalue weighted by Gasteiger charge is -2.40. The second-order valence-corrected chi connectivity index (χ2v) is 16.4. The summed E-state index contributed by atoms with van der Waals surface area (Å²) < 4.78 is 5.89. The molecule has 5 amide bonds. The van der Waals surface area contributed by atoms with Gasteiger partial charge in [-0.3, -0.25) is 19.2 Å². The number of ether oxygens (including phenoxy) is 1. The van der Waals surface area contributed by atoms with Crippen molar-refractivity contribution in [2.75, 3.05) is 6.54 Å². The van der Waals surface area contributed by atoms with Gasteiger partial charge in [0.2, 0.25) is 17.6 Å². The lowest BCUT2D eigenvalue weighted by atomic mass is 9.81. The molecule has 5 rings (SSSR count). The Kier molecular flexibility index (Phi) is 10.2. The Morgan fingerprint density at radius 2 is 1.61 bits per heavy atom. The van der Waals surface area contributed by atoms with Crippen LogP contribution in [0.4, 0.5) is 4.79 Å². The van der Waals surface area contributed by atoms with Crippen molar-refractivity contribution in [3.63, 3.8) is 0 Å². The van der Waals surface area contributed by atoms with Gasteiger partial charge in [-0.2, -0.15) is 0 Å². The molecule has 5 N–H and O–H groups in total. The van der Waals surface area contributed by atoms with Crippen molar-refractivity contribution in [1.82, 2.24) is 20.9 Å². The van der Waals surface area contributed by atoms with Crippen LogP contribution in [0.2, 0.25) is 0 Å². The standard InChI is InChI=1S/C37H53N5O7/c1-21(23-13-9-7-10-14-23)49-33(47)37(17-11-8-12-18-37)41-34(48)40-29(35(2,3)4)32(46)42-20-24-26(36(24,5)6)27(42)31(45)39-25(19-22-15-16-22)28(43)30(38)44/h7,9-10,13-14,21-22,24-27,29H,8,11-12,15-20H2,1-6H3,(H2,38,44)(H,39,45)(H2,40,41,48)/t21-,24+,25?,26+,27+,29-/m1/s1. The first-order valence-electron chi connectivity index (χ1n) is 17.8. The summed E-state index contributed by atoms with van der Waals surface area (Å²) in [5, 5.41) is 8.56. The molecule has 1 aromatic rings. The predicted octanol–water partition coefficient (Wildman–Crippen LogP) is 3.53. The minimum Gasteiger partial charge on any atom is -0.456 e. The van der Waals surface area contributed by atoms with Crippen molar-refractivity contribution >= 4 is 35.5 Å². The number of carbonyl (C=O) groups is 6. The van der Waals surface area contributed by atoms with E-state index >= 15 is 0 Å². The number of urea groups is 1. The quantitative estimate of drug-likeness (QED) is 0.193. The molecule has 3 saturated carbocycles. The summed E-state index contributed by atoms with van der Waals surface area (Å²) in [6.45, 7) is 11.7. The molecule has 0 radical (unpaired) electrons. The molecule has 12 heteroatoms. The maximum Gasteiger partial charge on any atom is 0.332 e. The Morgan fingerprint density at radius 3 is 2.18 bits per heavy atom. The summed E-state index contributed by atoms with van der Waals surface area (Å²) >= 11 is 0. The highest BCUT2D eigenvalue weighted by molar-refractivity contribution is 6.37. The molecule has 0 aromatic heterocycles. The Morgan fingerprint density at radius 1 is 0.980 bits per heavy atom. The van der Waals surface area contributed by atoms with Crippen LogP contribution in [-0.4, -0.2) is 70.6 Å². The highest BCUT2D eigenvalue weighted by atomic mass is 16.5. The molecule has 6 atom stereocenters. The molecule has 1 aliphatic heterocycles. The first-order valence-corrected chi connectivity index (χ1v) is 17.8. The highest BCUT2D eigenvalue weighted by Crippen LogP contribution is 2.65. The number of rotatable bonds is 12. The summed E-state index contributed by atoms with van der Waals surface area (Å²) in [6.07, 6.45) is 4.86. The number of nitrogens with one attached hydrogen (secondary N) is 3. The average Bonchev–Trinajstić information content (AvgIpc) is 3.90. The molecule has 1 unspecified atom stereocenters. The van der Waals surface area contributed by atoms with Gasteiger partial charge in [0.1, 0.15) is 23.7 Å². The van der Waals surface area contributed by atoms with Gasteiger partial charge in [0, 0.05) is 6.54 Å². The number of primary amides is 1. The van der Waals surface area contributed by atoms with E-state index in [1.54, 1.807) is 6.92 Å². The van der Waals surface area contributed by atoms with Gasteiger partial charge >= 0.3 is 12.0 Å². The van der Waals surface area contributed by atoms with Crippen molar-refractivity contribution < 1.29 is 33.5 Å². The molecule has 268 valence electrons. The van der Waals surface area contributed by atoms with Crippen LogP contribution in [0.3, 0.4) is 0 Å². The molecule has 1 aromatic carbocycles. The van der Waals surface area contributed by atoms with Crippen molar-refractivity contribution in [2.45, 2.75) is 123 Å². The van der Waals surface area contributed by atoms with Gasteiger partial charge in [-0.25, -0.2) is 9.59 Å². The molecule has 0 bridgehead atoms. The van der Waals surface area contributed by atoms with E-state index in [1.165, 1.54) is 4.90 Å². The maximum atomic E-state index is 14.4. The number of benzene rings is 1. The molecule has 49 heavy (non-hydrogen) atoms. The number of hydrogen-bond donors (Lipinski definition) is 4. The minimum absolute atomic E-state index is 0.0576. The van der Waals surface area contributed by atoms with E-state index in [0.29, 0.717) is 25.8 Å². The Balaban J connectivity index is 1.32. The number of Topliss-reactive ketones (excluding diaryl/α,β-unsaturated/α-hetero) is 1. The topological polar surface area (TPSA) is 177 Å². The van der Waals surface area contributed by atoms with E-state index in [-0.39, 0.29) is 23.2 Å². The van der Waals surface area contributed by atoms with Crippen LogP contribution < -0.4 is 21.7 Å². The van der Waals surface area contributed by atoms with E-state index in [1.807, 2.05) is 51.1 Å². The number of amides is 5. The number of ketones is 1. The van der Waals surface area contributed by atoms with Crippen LogP contribution in [0.5, 0.6) is 0 Å². The van der Waals surface area contributed by atoms with Gasteiger partial charge in [-0.1, -0.05) is 97.1 Å². The zero-order valence-corrected chi connectivity index (χ0v) is 29.7. The fourth-order valence-corrected chi connectivity index (χ4v) is 7.96. The maximum absolute atomic E-state index is 14.4. The molecule has 4 fully saturated rings. The number of fused-ring (bicyclic) bond motifs is 1. The summed E-state index contributed by atoms with van der Waals surface area (Å²) in [5.41, 5.74) is 3.94.